The lowest BCUT2D eigenvalue weighted by Crippen LogP contribution is -1.87. The number of rotatable bonds is 4. The number of aldehydes is 1. The van der Waals surface area contributed by atoms with E-state index in [4.69, 9.17) is 0 Å². The number of hydrogen-bond acceptors (Lipinski definition) is 2. The van der Waals surface area contributed by atoms with Crippen LogP contribution >= 0.6 is 0 Å². The Morgan fingerprint density at radius 2 is 1.76 bits per heavy atom. The van der Waals surface area contributed by atoms with Crippen molar-refractivity contribution < 1.29 is 9.90 Å². The second-order valence-corrected chi connectivity index (χ2v) is 5.41. The maximum atomic E-state index is 9.98. The van der Waals surface area contributed by atoms with E-state index in [0.29, 0.717) is 18.1 Å². The van der Waals surface area contributed by atoms with Crippen LogP contribution in [0.15, 0.2) is 48.5 Å². The molecular weight excluding hydrogens is 260 g/mol. The van der Waals surface area contributed by atoms with Crippen LogP contribution in [0, 0.1) is 6.92 Å². The van der Waals surface area contributed by atoms with Crippen LogP contribution in [0.25, 0.3) is 0 Å². The molecule has 2 heteroatoms. The molecule has 0 spiro atoms. The number of carbonyl (C=O) groups is 1. The lowest BCUT2D eigenvalue weighted by molar-refractivity contribution is -0.107. The SMILES string of the molecule is Cc1ccc(C(C)C)c(O)c1.O=CCCc1ccccc1. The standard InChI is InChI=1S/C10H14O.C9H10O/c1-7(2)9-5-4-8(3)6-10(9)11;10-8-4-7-9-5-2-1-3-6-9/h4-7,11H,1-3H3;1-3,5-6,8H,4,7H2. The zero-order chi connectivity index (χ0) is 15.7. The predicted octanol–water partition coefficient (Wildman–Crippen LogP) is 4.64. The van der Waals surface area contributed by atoms with Crippen LogP contribution in [0.3, 0.4) is 0 Å². The highest BCUT2D eigenvalue weighted by Gasteiger charge is 2.03. The van der Waals surface area contributed by atoms with Crippen molar-refractivity contribution in [3.8, 4) is 5.75 Å². The first-order chi connectivity index (χ1) is 10.0. The van der Waals surface area contributed by atoms with Gasteiger partial charge in [0.2, 0.25) is 0 Å². The highest BCUT2D eigenvalue weighted by Crippen LogP contribution is 2.25. The quantitative estimate of drug-likeness (QED) is 0.830. The first-order valence-corrected chi connectivity index (χ1v) is 7.31. The van der Waals surface area contributed by atoms with E-state index < -0.39 is 0 Å². The fourth-order valence-electron chi connectivity index (χ4n) is 2.01. The third-order valence-electron chi connectivity index (χ3n) is 3.20. The van der Waals surface area contributed by atoms with E-state index in [1.807, 2.05) is 49.4 Å². The summed E-state index contributed by atoms with van der Waals surface area (Å²) >= 11 is 0. The smallest absolute Gasteiger partial charge is 0.120 e. The summed E-state index contributed by atoms with van der Waals surface area (Å²) in [5.41, 5.74) is 3.36. The van der Waals surface area contributed by atoms with Crippen molar-refractivity contribution >= 4 is 6.29 Å². The number of phenols is 1. The van der Waals surface area contributed by atoms with Crippen LogP contribution in [0.4, 0.5) is 0 Å². The van der Waals surface area contributed by atoms with Crippen molar-refractivity contribution in [2.24, 2.45) is 0 Å². The molecule has 2 nitrogen and oxygen atoms in total. The molecule has 0 saturated carbocycles. The van der Waals surface area contributed by atoms with Crippen molar-refractivity contribution in [1.82, 2.24) is 0 Å². The average Bonchev–Trinajstić information content (AvgIpc) is 2.46. The molecule has 112 valence electrons. The summed E-state index contributed by atoms with van der Waals surface area (Å²) in [6.45, 7) is 6.12. The van der Waals surface area contributed by atoms with E-state index in [1.165, 1.54) is 5.56 Å². The van der Waals surface area contributed by atoms with Gasteiger partial charge in [0.1, 0.15) is 12.0 Å². The van der Waals surface area contributed by atoms with E-state index in [9.17, 15) is 9.90 Å². The molecule has 2 aromatic rings. The van der Waals surface area contributed by atoms with Gasteiger partial charge in [0.05, 0.1) is 0 Å². The maximum absolute atomic E-state index is 9.98. The number of aryl methyl sites for hydroxylation is 2. The molecule has 0 unspecified atom stereocenters. The topological polar surface area (TPSA) is 37.3 Å². The van der Waals surface area contributed by atoms with Gasteiger partial charge < -0.3 is 9.90 Å². The van der Waals surface area contributed by atoms with Gasteiger partial charge in [0, 0.05) is 6.42 Å². The van der Waals surface area contributed by atoms with Gasteiger partial charge in [-0.15, -0.1) is 0 Å². The van der Waals surface area contributed by atoms with Gasteiger partial charge in [-0.2, -0.15) is 0 Å². The van der Waals surface area contributed by atoms with Gasteiger partial charge in [-0.3, -0.25) is 0 Å². The number of phenolic OH excluding ortho intramolecular Hbond substituents is 1. The molecule has 0 bridgehead atoms. The van der Waals surface area contributed by atoms with E-state index in [0.717, 1.165) is 23.8 Å². The molecule has 0 aliphatic carbocycles. The summed E-state index contributed by atoms with van der Waals surface area (Å²) in [6.07, 6.45) is 2.45. The Hall–Kier alpha value is -2.09. The van der Waals surface area contributed by atoms with Gasteiger partial charge in [0.25, 0.3) is 0 Å². The van der Waals surface area contributed by atoms with Crippen molar-refractivity contribution in [2.45, 2.75) is 39.5 Å². The third kappa shape index (κ3) is 6.26. The normalized spacial score (nSPS) is 9.90. The molecule has 0 saturated heterocycles. The molecule has 0 radical (unpaired) electrons. The minimum absolute atomic E-state index is 0.399. The fraction of sp³-hybridized carbons (Fsp3) is 0.316. The van der Waals surface area contributed by atoms with Crippen LogP contribution in [0.5, 0.6) is 5.75 Å². The summed E-state index contributed by atoms with van der Waals surface area (Å²) in [5.74, 6) is 0.815. The van der Waals surface area contributed by atoms with Gasteiger partial charge in [-0.05, 0) is 42.0 Å². The Kier molecular flexibility index (Phi) is 7.24. The summed E-state index contributed by atoms with van der Waals surface area (Å²) in [4.78, 5) is 9.98. The highest BCUT2D eigenvalue weighted by atomic mass is 16.3. The van der Waals surface area contributed by atoms with Gasteiger partial charge in [-0.1, -0.05) is 56.3 Å². The minimum atomic E-state index is 0.399. The highest BCUT2D eigenvalue weighted by molar-refractivity contribution is 5.50. The molecule has 2 rings (SSSR count). The molecule has 1 N–H and O–H groups in total. The van der Waals surface area contributed by atoms with Crippen LogP contribution < -0.4 is 0 Å². The predicted molar refractivity (Wildman–Crippen MR) is 87.8 cm³/mol. The van der Waals surface area contributed by atoms with Gasteiger partial charge in [-0.25, -0.2) is 0 Å². The zero-order valence-electron chi connectivity index (χ0n) is 13.0. The van der Waals surface area contributed by atoms with Crippen LogP contribution in [-0.4, -0.2) is 11.4 Å². The molecule has 21 heavy (non-hydrogen) atoms. The Morgan fingerprint density at radius 1 is 1.10 bits per heavy atom. The summed E-state index contributed by atoms with van der Waals surface area (Å²) in [5, 5.41) is 9.46. The lowest BCUT2D eigenvalue weighted by atomic mass is 10.0. The fourth-order valence-corrected chi connectivity index (χ4v) is 2.01. The molecule has 2 aromatic carbocycles. The first-order valence-electron chi connectivity index (χ1n) is 7.31. The molecule has 0 atom stereocenters. The zero-order valence-corrected chi connectivity index (χ0v) is 13.0. The van der Waals surface area contributed by atoms with Crippen LogP contribution in [0.1, 0.15) is 42.9 Å². The third-order valence-corrected chi connectivity index (χ3v) is 3.20. The molecule has 0 amide bonds. The van der Waals surface area contributed by atoms with Crippen molar-refractivity contribution in [3.63, 3.8) is 0 Å². The van der Waals surface area contributed by atoms with E-state index in [1.54, 1.807) is 6.07 Å². The molecule has 0 fully saturated rings. The maximum Gasteiger partial charge on any atom is 0.120 e. The van der Waals surface area contributed by atoms with E-state index >= 15 is 0 Å². The number of benzene rings is 2. The van der Waals surface area contributed by atoms with Gasteiger partial charge in [0.15, 0.2) is 0 Å². The summed E-state index contributed by atoms with van der Waals surface area (Å²) < 4.78 is 0. The Labute approximate surface area is 127 Å². The molecular formula is C19H24O2. The van der Waals surface area contributed by atoms with Crippen molar-refractivity contribution in [3.05, 3.63) is 65.2 Å². The summed E-state index contributed by atoms with van der Waals surface area (Å²) in [6, 6.07) is 15.8. The average molecular weight is 284 g/mol. The van der Waals surface area contributed by atoms with Crippen LogP contribution in [-0.2, 0) is 11.2 Å². The number of hydrogen-bond donors (Lipinski definition) is 1. The second-order valence-electron chi connectivity index (χ2n) is 5.41. The Balaban J connectivity index is 0.000000211. The second kappa shape index (κ2) is 8.96. The minimum Gasteiger partial charge on any atom is -0.508 e. The lowest BCUT2D eigenvalue weighted by Gasteiger charge is -2.07. The Morgan fingerprint density at radius 3 is 2.29 bits per heavy atom. The van der Waals surface area contributed by atoms with E-state index in [2.05, 4.69) is 13.8 Å². The molecule has 0 aromatic heterocycles. The largest absolute Gasteiger partial charge is 0.508 e. The van der Waals surface area contributed by atoms with Gasteiger partial charge >= 0.3 is 0 Å². The molecule has 0 aliphatic heterocycles. The number of carbonyl (C=O) groups excluding carboxylic acids is 1. The Bertz CT molecular complexity index is 545. The van der Waals surface area contributed by atoms with Crippen molar-refractivity contribution in [2.75, 3.05) is 0 Å². The molecule has 0 heterocycles. The van der Waals surface area contributed by atoms with Crippen LogP contribution in [0.2, 0.25) is 0 Å². The van der Waals surface area contributed by atoms with Crippen molar-refractivity contribution in [1.29, 1.82) is 0 Å². The number of aromatic hydroxyl groups is 1. The first kappa shape index (κ1) is 17.0. The van der Waals surface area contributed by atoms with E-state index in [-0.39, 0.29) is 0 Å². The molecule has 0 aliphatic rings. The summed E-state index contributed by atoms with van der Waals surface area (Å²) in [7, 11) is 0. The monoisotopic (exact) mass is 284 g/mol.